The molecule has 0 atom stereocenters. The van der Waals surface area contributed by atoms with Crippen LogP contribution in [0.15, 0.2) is 0 Å². The Morgan fingerprint density at radius 1 is 0.255 bits per heavy atom. The minimum absolute atomic E-state index is 1.16. The predicted molar refractivity (Wildman–Crippen MR) is 258 cm³/mol. The van der Waals surface area contributed by atoms with Crippen LogP contribution in [-0.4, -0.2) is 57.0 Å². The molecule has 0 aromatic rings. The molecule has 0 saturated heterocycles. The van der Waals surface area contributed by atoms with Crippen LogP contribution in [-0.2, 0) is 10.4 Å². The average molecular weight is 1020 g/mol. The normalized spacial score (nSPS) is 11.5. The Bertz CT molecular complexity index is 635. The van der Waals surface area contributed by atoms with Crippen molar-refractivity contribution in [3.05, 3.63) is 0 Å². The van der Waals surface area contributed by atoms with E-state index in [1.54, 1.807) is 104 Å². The molecule has 0 aromatic heterocycles. The van der Waals surface area contributed by atoms with Crippen molar-refractivity contribution < 1.29 is 17.5 Å². The molecule has 336 valence electrons. The summed E-state index contributed by atoms with van der Waals surface area (Å²) < 4.78 is 42.0. The van der Waals surface area contributed by atoms with Crippen molar-refractivity contribution in [2.45, 2.75) is 299 Å². The molecule has 0 radical (unpaired) electrons. The maximum absolute atomic E-state index is 8.74. The largest absolute Gasteiger partial charge is 0.394 e. The third-order valence-electron chi connectivity index (χ3n) is 11.8. The van der Waals surface area contributed by atoms with E-state index < -0.39 is 49.9 Å². The molecule has 0 amide bonds. The fraction of sp³-hybridized carbons (Fsp3) is 1.00. The van der Waals surface area contributed by atoms with Crippen molar-refractivity contribution in [2.75, 3.05) is 0 Å². The van der Waals surface area contributed by atoms with Gasteiger partial charge in [0, 0.05) is 0 Å². The molecule has 4 nitrogen and oxygen atoms in total. The van der Waals surface area contributed by atoms with E-state index in [4.69, 9.17) is 17.5 Å². The maximum atomic E-state index is 8.74. The van der Waals surface area contributed by atoms with Gasteiger partial charge in [0.2, 0.25) is 0 Å². The van der Waals surface area contributed by atoms with Gasteiger partial charge < -0.3 is 0 Å². The Kier molecular flexibility index (Phi) is 59.1. The third-order valence-corrected chi connectivity index (χ3v) is 32.8. The van der Waals surface area contributed by atoms with Crippen LogP contribution in [0.1, 0.15) is 273 Å². The third kappa shape index (κ3) is 64.8. The van der Waals surface area contributed by atoms with Crippen LogP contribution in [0, 0.1) is 0 Å². The summed E-state index contributed by atoms with van der Waals surface area (Å²) in [6.45, 7) is 14.0. The van der Waals surface area contributed by atoms with Gasteiger partial charge in [-0.3, -0.25) is 9.11 Å². The van der Waals surface area contributed by atoms with Crippen LogP contribution in [0.5, 0.6) is 0 Å². The second kappa shape index (κ2) is 53.5. The topological polar surface area (TPSA) is 74.6 Å². The Balaban J connectivity index is -0.000000874. The summed E-state index contributed by atoms with van der Waals surface area (Å²) in [5.74, 6) is 0. The smallest absolute Gasteiger partial charge is 0.264 e. The first-order chi connectivity index (χ1) is 26.7. The minimum atomic E-state index is -4.67. The molecule has 0 heterocycles. The van der Waals surface area contributed by atoms with Crippen molar-refractivity contribution in [1.29, 1.82) is 0 Å². The van der Waals surface area contributed by atoms with Crippen molar-refractivity contribution in [1.82, 2.24) is 0 Å². The van der Waals surface area contributed by atoms with Crippen molar-refractivity contribution >= 4 is 49.9 Å². The Hall–Kier alpha value is 1.47. The number of hydrogen-bond acceptors (Lipinski definition) is 2. The molecule has 0 aliphatic carbocycles. The summed E-state index contributed by atoms with van der Waals surface area (Å²) in [7, 11) is -4.67. The van der Waals surface area contributed by atoms with E-state index in [1.165, 1.54) is 154 Å². The van der Waals surface area contributed by atoms with Gasteiger partial charge >= 0.3 is 349 Å². The summed E-state index contributed by atoms with van der Waals surface area (Å²) in [6.07, 6.45) is 53.9. The van der Waals surface area contributed by atoms with E-state index in [9.17, 15) is 0 Å². The molecule has 0 rings (SSSR count). The first-order valence-electron chi connectivity index (χ1n) is 25.4. The Morgan fingerprint density at radius 3 is 0.491 bits per heavy atom. The molecule has 0 aliphatic rings. The van der Waals surface area contributed by atoms with Crippen molar-refractivity contribution in [3.63, 3.8) is 0 Å². The van der Waals surface area contributed by atoms with E-state index in [1.807, 2.05) is 0 Å². The molecule has 0 saturated carbocycles. The number of hydrogen-bond donors (Lipinski definition) is 2. The van der Waals surface area contributed by atoms with Gasteiger partial charge in [0.15, 0.2) is 0 Å². The summed E-state index contributed by atoms with van der Waals surface area (Å²) in [6, 6.07) is 0. The maximum Gasteiger partial charge on any atom is 0.394 e. The van der Waals surface area contributed by atoms with Gasteiger partial charge in [-0.2, -0.15) is 8.42 Å². The van der Waals surface area contributed by atoms with E-state index in [0.717, 1.165) is 0 Å². The molecule has 0 aliphatic heterocycles. The first-order valence-corrected chi connectivity index (χ1v) is 40.8. The zero-order valence-corrected chi connectivity index (χ0v) is 46.4. The van der Waals surface area contributed by atoms with Gasteiger partial charge in [-0.1, -0.05) is 0 Å². The first kappa shape index (κ1) is 60.8. The van der Waals surface area contributed by atoms with E-state index in [0.29, 0.717) is 0 Å². The molecular formula is C48H106O4SSn2. The monoisotopic (exact) mass is 1020 g/mol. The molecule has 0 fully saturated rings. The second-order valence-electron chi connectivity index (χ2n) is 17.5. The Labute approximate surface area is 363 Å². The van der Waals surface area contributed by atoms with Crippen LogP contribution in [0.25, 0.3) is 0 Å². The van der Waals surface area contributed by atoms with E-state index in [2.05, 4.69) is 41.5 Å². The van der Waals surface area contributed by atoms with Crippen molar-refractivity contribution in [2.24, 2.45) is 0 Å². The molecule has 0 aromatic carbocycles. The summed E-state index contributed by atoms with van der Waals surface area (Å²) in [4.78, 5) is 0. The SMILES string of the molecule is CCCCCCC[CH2][SnH]([CH2]CCCCCCC)[CH2]CCCCCCC.CCCCCCC[CH2][SnH]([CH2]CCCCCCC)[CH2]CCCCCCC.O=S(=O)(O)O. The summed E-state index contributed by atoms with van der Waals surface area (Å²) in [5, 5.41) is 0. The van der Waals surface area contributed by atoms with E-state index >= 15 is 0 Å². The zero-order valence-electron chi connectivity index (χ0n) is 39.0. The van der Waals surface area contributed by atoms with Gasteiger partial charge in [0.1, 0.15) is 0 Å². The van der Waals surface area contributed by atoms with Gasteiger partial charge in [0.05, 0.1) is 0 Å². The van der Waals surface area contributed by atoms with E-state index in [-0.39, 0.29) is 0 Å². The van der Waals surface area contributed by atoms with Crippen LogP contribution in [0.3, 0.4) is 0 Å². The average Bonchev–Trinajstić information content (AvgIpc) is 3.15. The minimum Gasteiger partial charge on any atom is -0.264 e. The fourth-order valence-electron chi connectivity index (χ4n) is 8.15. The molecule has 7 heteroatoms. The molecule has 0 unspecified atom stereocenters. The van der Waals surface area contributed by atoms with Crippen LogP contribution < -0.4 is 0 Å². The number of unbranched alkanes of at least 4 members (excludes halogenated alkanes) is 30. The van der Waals surface area contributed by atoms with Gasteiger partial charge in [0.25, 0.3) is 0 Å². The molecule has 0 bridgehead atoms. The molecule has 55 heavy (non-hydrogen) atoms. The second-order valence-corrected chi connectivity index (χ2v) is 38.2. The molecular weight excluding hydrogens is 910 g/mol. The standard InChI is InChI=1S/6C8H17.H2O4S.2Sn.2H/c6*1-3-5-7-8-6-4-2;1-5(2,3)4;;;;/h6*1,3-8H2,2H3;(H2,1,2,3,4);;;;. The van der Waals surface area contributed by atoms with Gasteiger partial charge in [-0.25, -0.2) is 0 Å². The van der Waals surface area contributed by atoms with Crippen molar-refractivity contribution in [3.8, 4) is 0 Å². The van der Waals surface area contributed by atoms with Crippen LogP contribution >= 0.6 is 0 Å². The summed E-state index contributed by atoms with van der Waals surface area (Å²) in [5.41, 5.74) is 0. The van der Waals surface area contributed by atoms with Gasteiger partial charge in [-0.05, 0) is 0 Å². The zero-order chi connectivity index (χ0) is 41.4. The summed E-state index contributed by atoms with van der Waals surface area (Å²) >= 11 is -2.31. The van der Waals surface area contributed by atoms with Crippen LogP contribution in [0.2, 0.25) is 26.6 Å². The van der Waals surface area contributed by atoms with Gasteiger partial charge in [-0.15, -0.1) is 0 Å². The number of rotatable bonds is 42. The quantitative estimate of drug-likeness (QED) is 0.0363. The molecule has 0 spiro atoms. The Morgan fingerprint density at radius 2 is 0.364 bits per heavy atom. The predicted octanol–water partition coefficient (Wildman–Crippen LogP) is 17.9. The van der Waals surface area contributed by atoms with Crippen LogP contribution in [0.4, 0.5) is 0 Å². The molecule has 2 N–H and O–H groups in total. The fourth-order valence-corrected chi connectivity index (χ4v) is 27.9.